The molecule has 8 heteroatoms. The molecule has 0 bridgehead atoms. The first-order valence-corrected chi connectivity index (χ1v) is 9.85. The maximum Gasteiger partial charge on any atom is 0.274 e. The Morgan fingerprint density at radius 2 is 2.04 bits per heavy atom. The zero-order valence-corrected chi connectivity index (χ0v) is 17.2. The van der Waals surface area contributed by atoms with E-state index >= 15 is 0 Å². The van der Waals surface area contributed by atoms with Gasteiger partial charge in [0.05, 0.1) is 6.20 Å². The van der Waals surface area contributed by atoms with E-state index in [0.29, 0.717) is 31.8 Å². The Labute approximate surface area is 170 Å². The number of hydrogen-bond acceptors (Lipinski definition) is 3. The minimum Gasteiger partial charge on any atom is -0.339 e. The van der Waals surface area contributed by atoms with Crippen LogP contribution in [0.2, 0.25) is 14.4 Å². The summed E-state index contributed by atoms with van der Waals surface area (Å²) < 4.78 is 2.39. The molecule has 0 atom stereocenters. The zero-order chi connectivity index (χ0) is 18.8. The van der Waals surface area contributed by atoms with Gasteiger partial charge in [-0.2, -0.15) is 0 Å². The first-order valence-electron chi connectivity index (χ1n) is 7.90. The summed E-state index contributed by atoms with van der Waals surface area (Å²) >= 11 is 19.5. The summed E-state index contributed by atoms with van der Waals surface area (Å²) in [5.41, 5.74) is 2.43. The fourth-order valence-corrected chi connectivity index (χ4v) is 3.67. The van der Waals surface area contributed by atoms with Crippen molar-refractivity contribution in [3.63, 3.8) is 0 Å². The molecule has 0 radical (unpaired) electrons. The summed E-state index contributed by atoms with van der Waals surface area (Å²) in [5.74, 6) is 0.0352. The molecule has 1 N–H and O–H groups in total. The molecule has 0 saturated heterocycles. The van der Waals surface area contributed by atoms with Gasteiger partial charge in [-0.1, -0.05) is 60.0 Å². The Balaban J connectivity index is 1.93. The minimum atomic E-state index is -0.249. The zero-order valence-electron chi connectivity index (χ0n) is 14.1. The van der Waals surface area contributed by atoms with Crippen molar-refractivity contribution in [2.75, 3.05) is 5.32 Å². The Hall–Kier alpha value is -1.53. The molecule has 1 amide bonds. The summed E-state index contributed by atoms with van der Waals surface area (Å²) in [7, 11) is 0. The van der Waals surface area contributed by atoms with Crippen LogP contribution in [-0.4, -0.2) is 15.5 Å². The maximum absolute atomic E-state index is 12.8. The summed E-state index contributed by atoms with van der Waals surface area (Å²) in [5, 5.41) is 4.45. The van der Waals surface area contributed by atoms with Crippen molar-refractivity contribution in [2.45, 2.75) is 26.3 Å². The van der Waals surface area contributed by atoms with E-state index in [0.717, 1.165) is 11.1 Å². The van der Waals surface area contributed by atoms with Crippen LogP contribution in [0.15, 0.2) is 36.7 Å². The molecule has 0 spiro atoms. The molecule has 2 heterocycles. The van der Waals surface area contributed by atoms with Gasteiger partial charge in [0.1, 0.15) is 10.0 Å². The van der Waals surface area contributed by atoms with E-state index in [1.165, 1.54) is 17.5 Å². The van der Waals surface area contributed by atoms with Crippen LogP contribution in [0.25, 0.3) is 0 Å². The molecule has 3 rings (SSSR count). The number of carbonyl (C=O) groups is 1. The Morgan fingerprint density at radius 1 is 1.27 bits per heavy atom. The molecule has 3 aromatic rings. The minimum absolute atomic E-state index is 0.249. The second-order valence-corrected chi connectivity index (χ2v) is 8.61. The van der Waals surface area contributed by atoms with Crippen molar-refractivity contribution in [2.24, 2.45) is 0 Å². The molecule has 136 valence electrons. The fourth-order valence-electron chi connectivity index (χ4n) is 2.49. The van der Waals surface area contributed by atoms with Crippen molar-refractivity contribution in [3.05, 3.63) is 67.9 Å². The standard InChI is InChI=1S/C18H16Cl3N3OS/c1-10(2)11-6-15(17(25)23-18-22-7-16(21)26-18)24(8-11)9-12-5-13(19)3-4-14(12)20/h3-8,10H,9H2,1-2H3,(H,22,23,25). The Kier molecular flexibility index (Phi) is 5.92. The number of benzene rings is 1. The topological polar surface area (TPSA) is 46.9 Å². The van der Waals surface area contributed by atoms with Crippen LogP contribution in [0.3, 0.4) is 0 Å². The second-order valence-electron chi connectivity index (χ2n) is 6.10. The average molecular weight is 429 g/mol. The summed E-state index contributed by atoms with van der Waals surface area (Å²) in [6.07, 6.45) is 3.47. The summed E-state index contributed by atoms with van der Waals surface area (Å²) in [6.45, 7) is 4.59. The Morgan fingerprint density at radius 3 is 2.69 bits per heavy atom. The number of aromatic nitrogens is 2. The van der Waals surface area contributed by atoms with E-state index in [1.807, 2.05) is 16.8 Å². The number of nitrogens with one attached hydrogen (secondary N) is 1. The van der Waals surface area contributed by atoms with Gasteiger partial charge in [-0.25, -0.2) is 4.98 Å². The lowest BCUT2D eigenvalue weighted by Gasteiger charge is -2.10. The van der Waals surface area contributed by atoms with Crippen molar-refractivity contribution < 1.29 is 4.79 Å². The lowest BCUT2D eigenvalue weighted by molar-refractivity contribution is 0.101. The number of carbonyl (C=O) groups excluding carboxylic acids is 1. The predicted octanol–water partition coefficient (Wildman–Crippen LogP) is 6.33. The van der Waals surface area contributed by atoms with Gasteiger partial charge < -0.3 is 4.57 Å². The summed E-state index contributed by atoms with van der Waals surface area (Å²) in [4.78, 5) is 16.8. The molecular weight excluding hydrogens is 413 g/mol. The van der Waals surface area contributed by atoms with Gasteiger partial charge in [0, 0.05) is 22.8 Å². The largest absolute Gasteiger partial charge is 0.339 e. The van der Waals surface area contributed by atoms with Crippen LogP contribution in [0.5, 0.6) is 0 Å². The lowest BCUT2D eigenvalue weighted by Crippen LogP contribution is -2.17. The number of anilines is 1. The molecule has 0 aliphatic rings. The van der Waals surface area contributed by atoms with Crippen LogP contribution in [-0.2, 0) is 6.54 Å². The van der Waals surface area contributed by atoms with Crippen LogP contribution in [0.4, 0.5) is 5.13 Å². The van der Waals surface area contributed by atoms with Crippen LogP contribution in [0, 0.1) is 0 Å². The first kappa shape index (κ1) is 19.2. The highest BCUT2D eigenvalue weighted by molar-refractivity contribution is 7.19. The van der Waals surface area contributed by atoms with Gasteiger partial charge in [0.25, 0.3) is 5.91 Å². The maximum atomic E-state index is 12.8. The van der Waals surface area contributed by atoms with Crippen LogP contribution >= 0.6 is 46.1 Å². The molecule has 0 aliphatic heterocycles. The number of halogens is 3. The second kappa shape index (κ2) is 8.01. The van der Waals surface area contributed by atoms with Crippen molar-refractivity contribution in [3.8, 4) is 0 Å². The molecule has 4 nitrogen and oxygen atoms in total. The SMILES string of the molecule is CC(C)c1cc(C(=O)Nc2ncc(Cl)s2)n(Cc2cc(Cl)ccc2Cl)c1. The predicted molar refractivity (Wildman–Crippen MR) is 109 cm³/mol. The van der Waals surface area contributed by atoms with E-state index in [9.17, 15) is 4.79 Å². The van der Waals surface area contributed by atoms with Crippen molar-refractivity contribution in [1.29, 1.82) is 0 Å². The van der Waals surface area contributed by atoms with Gasteiger partial charge in [0.2, 0.25) is 0 Å². The molecular formula is C18H16Cl3N3OS. The third-order valence-corrected chi connectivity index (χ3v) is 5.50. The van der Waals surface area contributed by atoms with E-state index in [4.69, 9.17) is 34.8 Å². The van der Waals surface area contributed by atoms with Crippen LogP contribution < -0.4 is 5.32 Å². The quantitative estimate of drug-likeness (QED) is 0.516. The van der Waals surface area contributed by atoms with Gasteiger partial charge in [-0.15, -0.1) is 0 Å². The van der Waals surface area contributed by atoms with E-state index in [1.54, 1.807) is 18.2 Å². The molecule has 0 saturated carbocycles. The fraction of sp³-hybridized carbons (Fsp3) is 0.222. The van der Waals surface area contributed by atoms with E-state index in [-0.39, 0.29) is 11.8 Å². The molecule has 0 aliphatic carbocycles. The highest BCUT2D eigenvalue weighted by atomic mass is 35.5. The first-order chi connectivity index (χ1) is 12.3. The lowest BCUT2D eigenvalue weighted by atomic mass is 10.1. The number of hydrogen-bond donors (Lipinski definition) is 1. The number of thiazole rings is 1. The Bertz CT molecular complexity index is 949. The molecule has 0 unspecified atom stereocenters. The van der Waals surface area contributed by atoms with Crippen molar-refractivity contribution >= 4 is 57.2 Å². The monoisotopic (exact) mass is 427 g/mol. The molecule has 0 fully saturated rings. The highest BCUT2D eigenvalue weighted by Gasteiger charge is 2.17. The van der Waals surface area contributed by atoms with E-state index < -0.39 is 0 Å². The van der Waals surface area contributed by atoms with Gasteiger partial charge in [-0.3, -0.25) is 10.1 Å². The van der Waals surface area contributed by atoms with Gasteiger partial charge in [-0.05, 0) is 41.3 Å². The number of amides is 1. The summed E-state index contributed by atoms with van der Waals surface area (Å²) in [6, 6.07) is 7.18. The third-order valence-electron chi connectivity index (χ3n) is 3.86. The van der Waals surface area contributed by atoms with Gasteiger partial charge >= 0.3 is 0 Å². The smallest absolute Gasteiger partial charge is 0.274 e. The molecule has 1 aromatic carbocycles. The number of nitrogens with zero attached hydrogens (tertiary/aromatic N) is 2. The molecule has 26 heavy (non-hydrogen) atoms. The normalized spacial score (nSPS) is 11.2. The molecule has 2 aromatic heterocycles. The third kappa shape index (κ3) is 4.41. The highest BCUT2D eigenvalue weighted by Crippen LogP contribution is 2.26. The van der Waals surface area contributed by atoms with Gasteiger partial charge in [0.15, 0.2) is 5.13 Å². The number of rotatable bonds is 5. The van der Waals surface area contributed by atoms with Crippen molar-refractivity contribution in [1.82, 2.24) is 9.55 Å². The average Bonchev–Trinajstić information content (AvgIpc) is 3.17. The van der Waals surface area contributed by atoms with E-state index in [2.05, 4.69) is 24.1 Å². The van der Waals surface area contributed by atoms with Crippen LogP contribution in [0.1, 0.15) is 41.4 Å².